The van der Waals surface area contributed by atoms with E-state index in [1.165, 1.54) is 38.5 Å². The molecule has 4 nitrogen and oxygen atoms in total. The molecular weight excluding hydrogens is 226 g/mol. The van der Waals surface area contributed by atoms with Crippen LogP contribution in [0.3, 0.4) is 0 Å². The van der Waals surface area contributed by atoms with Crippen LogP contribution in [0.4, 0.5) is 6.01 Å². The highest BCUT2D eigenvalue weighted by Gasteiger charge is 2.49. The average Bonchev–Trinajstić information content (AvgIpc) is 2.71. The second kappa shape index (κ2) is 3.59. The summed E-state index contributed by atoms with van der Waals surface area (Å²) < 4.78 is 5.22. The molecule has 18 heavy (non-hydrogen) atoms. The summed E-state index contributed by atoms with van der Waals surface area (Å²) in [6.07, 6.45) is 12.8. The van der Waals surface area contributed by atoms with Gasteiger partial charge in [-0.15, -0.1) is 5.10 Å². The Balaban J connectivity index is 1.59. The van der Waals surface area contributed by atoms with E-state index in [-0.39, 0.29) is 6.01 Å². The van der Waals surface area contributed by atoms with E-state index in [1.807, 2.05) is 6.08 Å². The quantitative estimate of drug-likeness (QED) is 0.870. The van der Waals surface area contributed by atoms with Crippen molar-refractivity contribution in [2.75, 3.05) is 5.73 Å². The minimum absolute atomic E-state index is 0.153. The lowest BCUT2D eigenvalue weighted by molar-refractivity contribution is -0.0233. The zero-order valence-corrected chi connectivity index (χ0v) is 10.5. The third-order valence-corrected chi connectivity index (χ3v) is 5.12. The summed E-state index contributed by atoms with van der Waals surface area (Å²) in [5.41, 5.74) is 5.86. The molecule has 0 atom stereocenters. The van der Waals surface area contributed by atoms with Crippen LogP contribution in [0.5, 0.6) is 0 Å². The van der Waals surface area contributed by atoms with Gasteiger partial charge in [-0.25, -0.2) is 0 Å². The fourth-order valence-electron chi connectivity index (χ4n) is 4.94. The molecule has 4 saturated carbocycles. The SMILES string of the molecule is Nc1nnc(/C=C/C23CC4CC(CC(C4)C2)C3)o1. The number of anilines is 1. The molecule has 4 aliphatic carbocycles. The van der Waals surface area contributed by atoms with Crippen LogP contribution < -0.4 is 5.73 Å². The summed E-state index contributed by atoms with van der Waals surface area (Å²) in [4.78, 5) is 0. The Morgan fingerprint density at radius 2 is 1.67 bits per heavy atom. The first kappa shape index (κ1) is 10.6. The van der Waals surface area contributed by atoms with Gasteiger partial charge in [0.25, 0.3) is 0 Å². The monoisotopic (exact) mass is 245 g/mol. The molecule has 1 aromatic heterocycles. The smallest absolute Gasteiger partial charge is 0.313 e. The van der Waals surface area contributed by atoms with E-state index in [2.05, 4.69) is 16.3 Å². The molecule has 5 rings (SSSR count). The van der Waals surface area contributed by atoms with Crippen molar-refractivity contribution in [1.82, 2.24) is 10.2 Å². The third kappa shape index (κ3) is 1.66. The number of nitrogens with two attached hydrogens (primary N) is 1. The molecule has 2 N–H and O–H groups in total. The van der Waals surface area contributed by atoms with Gasteiger partial charge in [0.2, 0.25) is 5.89 Å². The molecule has 0 amide bonds. The topological polar surface area (TPSA) is 64.9 Å². The normalized spacial score (nSPS) is 41.9. The van der Waals surface area contributed by atoms with Gasteiger partial charge in [0, 0.05) is 0 Å². The van der Waals surface area contributed by atoms with Gasteiger partial charge < -0.3 is 10.2 Å². The molecule has 0 unspecified atom stereocenters. The largest absolute Gasteiger partial charge is 0.404 e. The Bertz CT molecular complexity index is 456. The molecule has 4 aliphatic rings. The number of aromatic nitrogens is 2. The Morgan fingerprint density at radius 1 is 1.06 bits per heavy atom. The van der Waals surface area contributed by atoms with Gasteiger partial charge in [0.1, 0.15) is 0 Å². The van der Waals surface area contributed by atoms with Crippen LogP contribution in [-0.2, 0) is 0 Å². The number of hydrogen-bond acceptors (Lipinski definition) is 4. The Labute approximate surface area is 107 Å². The van der Waals surface area contributed by atoms with Crippen LogP contribution in [0.1, 0.15) is 44.4 Å². The van der Waals surface area contributed by atoms with Gasteiger partial charge in [0.15, 0.2) is 0 Å². The maximum atomic E-state index is 5.44. The summed E-state index contributed by atoms with van der Waals surface area (Å²) in [6.45, 7) is 0. The lowest BCUT2D eigenvalue weighted by Crippen LogP contribution is -2.44. The Kier molecular flexibility index (Phi) is 2.11. The number of rotatable bonds is 2. The minimum Gasteiger partial charge on any atom is -0.404 e. The van der Waals surface area contributed by atoms with E-state index >= 15 is 0 Å². The van der Waals surface area contributed by atoms with E-state index in [9.17, 15) is 0 Å². The summed E-state index contributed by atoms with van der Waals surface area (Å²) in [5, 5.41) is 7.60. The van der Waals surface area contributed by atoms with Crippen LogP contribution in [0, 0.1) is 23.2 Å². The van der Waals surface area contributed by atoms with Crippen LogP contribution in [0.15, 0.2) is 10.5 Å². The van der Waals surface area contributed by atoms with Crippen molar-refractivity contribution in [3.05, 3.63) is 12.0 Å². The maximum absolute atomic E-state index is 5.44. The first-order chi connectivity index (χ1) is 8.71. The maximum Gasteiger partial charge on any atom is 0.313 e. The van der Waals surface area contributed by atoms with Crippen molar-refractivity contribution in [2.45, 2.75) is 38.5 Å². The zero-order chi connectivity index (χ0) is 12.2. The fraction of sp³-hybridized carbons (Fsp3) is 0.714. The number of hydrogen-bond donors (Lipinski definition) is 1. The van der Waals surface area contributed by atoms with Crippen LogP contribution >= 0.6 is 0 Å². The second-order valence-electron chi connectivity index (χ2n) is 6.59. The Hall–Kier alpha value is -1.32. The van der Waals surface area contributed by atoms with Gasteiger partial charge in [-0.2, -0.15) is 0 Å². The van der Waals surface area contributed by atoms with Crippen molar-refractivity contribution in [1.29, 1.82) is 0 Å². The minimum atomic E-state index is 0.153. The molecule has 4 heteroatoms. The van der Waals surface area contributed by atoms with E-state index in [1.54, 1.807) is 0 Å². The molecular formula is C14H19N3O. The summed E-state index contributed by atoms with van der Waals surface area (Å²) in [6, 6.07) is 0.153. The molecule has 1 aromatic rings. The van der Waals surface area contributed by atoms with Crippen molar-refractivity contribution < 1.29 is 4.42 Å². The molecule has 1 heterocycles. The standard InChI is InChI=1S/C14H19N3O/c15-13-17-16-12(18-13)1-2-14-6-9-3-10(7-14)5-11(4-9)8-14/h1-2,9-11H,3-8H2,(H2,15,17)/b2-1+. The van der Waals surface area contributed by atoms with Crippen molar-refractivity contribution in [3.63, 3.8) is 0 Å². The van der Waals surface area contributed by atoms with Crippen molar-refractivity contribution in [3.8, 4) is 0 Å². The van der Waals surface area contributed by atoms with Crippen molar-refractivity contribution >= 4 is 12.1 Å². The van der Waals surface area contributed by atoms with E-state index < -0.39 is 0 Å². The van der Waals surface area contributed by atoms with Crippen molar-refractivity contribution in [2.24, 2.45) is 23.2 Å². The molecule has 0 spiro atoms. The van der Waals surface area contributed by atoms with E-state index in [0.29, 0.717) is 11.3 Å². The second-order valence-corrected chi connectivity index (χ2v) is 6.59. The molecule has 4 bridgehead atoms. The van der Waals surface area contributed by atoms with E-state index in [4.69, 9.17) is 10.2 Å². The highest BCUT2D eigenvalue weighted by atomic mass is 16.4. The molecule has 0 aromatic carbocycles. The number of allylic oxidation sites excluding steroid dienone is 1. The van der Waals surface area contributed by atoms with E-state index in [0.717, 1.165) is 17.8 Å². The molecule has 0 aliphatic heterocycles. The first-order valence-electron chi connectivity index (χ1n) is 6.99. The predicted octanol–water partition coefficient (Wildman–Crippen LogP) is 2.88. The zero-order valence-electron chi connectivity index (χ0n) is 10.5. The number of nitrogens with zero attached hydrogens (tertiary/aromatic N) is 2. The lowest BCUT2D eigenvalue weighted by atomic mass is 9.49. The van der Waals surface area contributed by atoms with Gasteiger partial charge in [0.05, 0.1) is 0 Å². The highest BCUT2D eigenvalue weighted by Crippen LogP contribution is 2.60. The molecule has 96 valence electrons. The summed E-state index contributed by atoms with van der Waals surface area (Å²) in [5.74, 6) is 3.44. The Morgan fingerprint density at radius 3 is 2.17 bits per heavy atom. The van der Waals surface area contributed by atoms with Gasteiger partial charge >= 0.3 is 6.01 Å². The average molecular weight is 245 g/mol. The summed E-state index contributed by atoms with van der Waals surface area (Å²) >= 11 is 0. The molecule has 0 saturated heterocycles. The molecule has 0 radical (unpaired) electrons. The number of nitrogen functional groups attached to an aromatic ring is 1. The van der Waals surface area contributed by atoms with Crippen LogP contribution in [0.2, 0.25) is 0 Å². The van der Waals surface area contributed by atoms with Gasteiger partial charge in [-0.3, -0.25) is 0 Å². The third-order valence-electron chi connectivity index (χ3n) is 5.12. The molecule has 4 fully saturated rings. The first-order valence-corrected chi connectivity index (χ1v) is 6.99. The highest BCUT2D eigenvalue weighted by molar-refractivity contribution is 5.40. The summed E-state index contributed by atoms with van der Waals surface area (Å²) in [7, 11) is 0. The van der Waals surface area contributed by atoms with Crippen LogP contribution in [0.25, 0.3) is 6.08 Å². The lowest BCUT2D eigenvalue weighted by Gasteiger charge is -2.55. The van der Waals surface area contributed by atoms with Gasteiger partial charge in [-0.05, 0) is 67.8 Å². The van der Waals surface area contributed by atoms with Crippen LogP contribution in [-0.4, -0.2) is 10.2 Å². The van der Waals surface area contributed by atoms with Gasteiger partial charge in [-0.1, -0.05) is 11.2 Å². The fourth-order valence-corrected chi connectivity index (χ4v) is 4.94. The predicted molar refractivity (Wildman–Crippen MR) is 68.3 cm³/mol.